The molecule has 15 heteroatoms. The second kappa shape index (κ2) is 9.71. The molecule has 11 nitrogen and oxygen atoms in total. The van der Waals surface area contributed by atoms with Crippen molar-refractivity contribution < 1.29 is 22.3 Å². The minimum absolute atomic E-state index is 0.194. The minimum Gasteiger partial charge on any atom is -0.395 e. The zero-order valence-corrected chi connectivity index (χ0v) is 22.8. The Morgan fingerprint density at radius 1 is 1.08 bits per heavy atom. The Morgan fingerprint density at radius 2 is 1.77 bits per heavy atom. The van der Waals surface area contributed by atoms with Crippen molar-refractivity contribution in [3.63, 3.8) is 0 Å². The fraction of sp³-hybridized carbons (Fsp3) is 0.583. The molecule has 3 fully saturated rings. The number of sulfonamides is 1. The molecule has 6 rings (SSSR count). The van der Waals surface area contributed by atoms with Gasteiger partial charge in [-0.1, -0.05) is 5.21 Å². The van der Waals surface area contributed by atoms with Gasteiger partial charge in [-0.3, -0.25) is 4.98 Å². The summed E-state index contributed by atoms with van der Waals surface area (Å²) in [5, 5.41) is 24.9. The third-order valence-corrected chi connectivity index (χ3v) is 10.3. The van der Waals surface area contributed by atoms with E-state index in [0.717, 1.165) is 25.9 Å². The zero-order chi connectivity index (χ0) is 27.4. The molecule has 0 amide bonds. The standard InChI is InChI=1S/C24H30F2N8O3S2/c25-24(26)5-9-33(10-6-24)22-29-20(15-38-22)34-13-17(30-31-34)21-18(32-7-3-23(1-2-23)4-8-32)11-16(12-28-21)19(14-35)39(27,36)37/h11-13,15,19,35H,1-10,14H2,(H2,27,36,37). The molecule has 0 radical (unpaired) electrons. The lowest BCUT2D eigenvalue weighted by atomic mass is 9.93. The number of hydrogen-bond donors (Lipinski definition) is 2. The van der Waals surface area contributed by atoms with Crippen LogP contribution in [0.5, 0.6) is 0 Å². The number of thiazole rings is 1. The number of nitrogens with zero attached hydrogens (tertiary/aromatic N) is 7. The number of anilines is 2. The largest absolute Gasteiger partial charge is 0.395 e. The highest BCUT2D eigenvalue weighted by molar-refractivity contribution is 7.89. The predicted molar refractivity (Wildman–Crippen MR) is 143 cm³/mol. The monoisotopic (exact) mass is 580 g/mol. The van der Waals surface area contributed by atoms with E-state index in [1.165, 1.54) is 35.1 Å². The summed E-state index contributed by atoms with van der Waals surface area (Å²) >= 11 is 1.36. The van der Waals surface area contributed by atoms with E-state index in [2.05, 4.69) is 25.2 Å². The van der Waals surface area contributed by atoms with Gasteiger partial charge in [0, 0.05) is 50.6 Å². The third-order valence-electron chi connectivity index (χ3n) is 8.16. The molecule has 1 atom stereocenters. The lowest BCUT2D eigenvalue weighted by Gasteiger charge is -2.35. The molecule has 3 aromatic rings. The quantitative estimate of drug-likeness (QED) is 0.431. The van der Waals surface area contributed by atoms with Crippen LogP contribution in [0.1, 0.15) is 49.3 Å². The second-order valence-corrected chi connectivity index (χ2v) is 13.3. The van der Waals surface area contributed by atoms with E-state index in [1.54, 1.807) is 17.6 Å². The first-order chi connectivity index (χ1) is 18.6. The predicted octanol–water partition coefficient (Wildman–Crippen LogP) is 2.72. The minimum atomic E-state index is -4.04. The van der Waals surface area contributed by atoms with Crippen LogP contribution in [0.3, 0.4) is 0 Å². The molecule has 1 spiro atoms. The highest BCUT2D eigenvalue weighted by atomic mass is 32.2. The SMILES string of the molecule is NS(=O)(=O)C(CO)c1cnc(-c2cn(-c3csc(N4CCC(F)(F)CC4)n3)nn2)c(N2CCC3(CC2)CC3)c1. The summed E-state index contributed by atoms with van der Waals surface area (Å²) in [4.78, 5) is 13.2. The average Bonchev–Trinajstić information content (AvgIpc) is 3.28. The van der Waals surface area contributed by atoms with Crippen LogP contribution >= 0.6 is 11.3 Å². The summed E-state index contributed by atoms with van der Waals surface area (Å²) in [5.41, 5.74) is 2.48. The van der Waals surface area contributed by atoms with Crippen LogP contribution < -0.4 is 14.9 Å². The Kier molecular flexibility index (Phi) is 6.59. The summed E-state index contributed by atoms with van der Waals surface area (Å²) in [5.74, 6) is -2.11. The number of alkyl halides is 2. The Bertz CT molecular complexity index is 1450. The maximum Gasteiger partial charge on any atom is 0.251 e. The van der Waals surface area contributed by atoms with E-state index < -0.39 is 27.8 Å². The van der Waals surface area contributed by atoms with Gasteiger partial charge >= 0.3 is 0 Å². The van der Waals surface area contributed by atoms with Crippen molar-refractivity contribution in [2.45, 2.75) is 49.7 Å². The number of halogens is 2. The molecule has 1 saturated carbocycles. The zero-order valence-electron chi connectivity index (χ0n) is 21.2. The van der Waals surface area contributed by atoms with Crippen molar-refractivity contribution >= 4 is 32.2 Å². The number of pyridine rings is 1. The lowest BCUT2D eigenvalue weighted by Crippen LogP contribution is -2.39. The number of aliphatic hydroxyl groups is 1. The van der Waals surface area contributed by atoms with Crippen LogP contribution in [0.15, 0.2) is 23.8 Å². The van der Waals surface area contributed by atoms with Gasteiger partial charge in [0.1, 0.15) is 16.6 Å². The van der Waals surface area contributed by atoms with Crippen LogP contribution in [0.25, 0.3) is 17.2 Å². The first-order valence-corrected chi connectivity index (χ1v) is 15.4. The molecule has 0 bridgehead atoms. The number of primary sulfonamides is 1. The van der Waals surface area contributed by atoms with Gasteiger partial charge in [-0.15, -0.1) is 16.4 Å². The molecule has 2 aliphatic heterocycles. The molecule has 2 saturated heterocycles. The van der Waals surface area contributed by atoms with Gasteiger partial charge in [-0.05, 0) is 42.7 Å². The molecule has 0 aromatic carbocycles. The third kappa shape index (κ3) is 5.36. The number of aliphatic hydroxyl groups excluding tert-OH is 1. The van der Waals surface area contributed by atoms with Crippen LogP contribution in [-0.4, -0.2) is 77.2 Å². The maximum absolute atomic E-state index is 13.6. The van der Waals surface area contributed by atoms with Crippen LogP contribution in [-0.2, 0) is 10.0 Å². The van der Waals surface area contributed by atoms with Gasteiger partial charge in [-0.25, -0.2) is 32.0 Å². The number of nitrogens with two attached hydrogens (primary N) is 1. The molecule has 1 aliphatic carbocycles. The van der Waals surface area contributed by atoms with Crippen molar-refractivity contribution in [2.24, 2.45) is 10.6 Å². The van der Waals surface area contributed by atoms with Gasteiger partial charge in [0.25, 0.3) is 5.92 Å². The van der Waals surface area contributed by atoms with Gasteiger partial charge < -0.3 is 14.9 Å². The van der Waals surface area contributed by atoms with E-state index in [0.29, 0.717) is 39.0 Å². The van der Waals surface area contributed by atoms with E-state index in [1.807, 2.05) is 4.90 Å². The lowest BCUT2D eigenvalue weighted by molar-refractivity contribution is -0.0220. The van der Waals surface area contributed by atoms with Crippen molar-refractivity contribution in [3.05, 3.63) is 29.4 Å². The molecular weight excluding hydrogens is 550 g/mol. The number of hydrogen-bond acceptors (Lipinski definition) is 10. The van der Waals surface area contributed by atoms with E-state index in [-0.39, 0.29) is 25.9 Å². The topological polar surface area (TPSA) is 143 Å². The van der Waals surface area contributed by atoms with Crippen molar-refractivity contribution in [1.29, 1.82) is 0 Å². The summed E-state index contributed by atoms with van der Waals surface area (Å²) in [6.07, 6.45) is 7.30. The molecule has 210 valence electrons. The van der Waals surface area contributed by atoms with E-state index in [9.17, 15) is 22.3 Å². The number of piperidine rings is 2. The Balaban J connectivity index is 1.29. The van der Waals surface area contributed by atoms with Crippen LogP contribution in [0.2, 0.25) is 0 Å². The Labute approximate surface area is 228 Å². The summed E-state index contributed by atoms with van der Waals surface area (Å²) in [7, 11) is -4.04. The summed E-state index contributed by atoms with van der Waals surface area (Å²) in [6.45, 7) is 1.43. The van der Waals surface area contributed by atoms with Crippen LogP contribution in [0.4, 0.5) is 19.6 Å². The van der Waals surface area contributed by atoms with Crippen molar-refractivity contribution in [1.82, 2.24) is 25.0 Å². The molecular formula is C24H30F2N8O3S2. The van der Waals surface area contributed by atoms with E-state index >= 15 is 0 Å². The van der Waals surface area contributed by atoms with Gasteiger partial charge in [0.15, 0.2) is 10.9 Å². The smallest absolute Gasteiger partial charge is 0.251 e. The molecule has 3 N–H and O–H groups in total. The van der Waals surface area contributed by atoms with Gasteiger partial charge in [0.2, 0.25) is 10.0 Å². The van der Waals surface area contributed by atoms with Crippen molar-refractivity contribution in [2.75, 3.05) is 42.6 Å². The number of rotatable bonds is 7. The Hall–Kier alpha value is -2.75. The maximum atomic E-state index is 13.6. The fourth-order valence-corrected chi connectivity index (χ4v) is 6.96. The van der Waals surface area contributed by atoms with Crippen LogP contribution in [0, 0.1) is 5.41 Å². The molecule has 3 aromatic heterocycles. The highest BCUT2D eigenvalue weighted by Gasteiger charge is 2.45. The normalized spacial score (nSPS) is 21.3. The first kappa shape index (κ1) is 26.5. The average molecular weight is 581 g/mol. The summed E-state index contributed by atoms with van der Waals surface area (Å²) < 4.78 is 52.9. The molecule has 5 heterocycles. The summed E-state index contributed by atoms with van der Waals surface area (Å²) in [6, 6.07) is 1.73. The first-order valence-electron chi connectivity index (χ1n) is 12.9. The van der Waals surface area contributed by atoms with E-state index in [4.69, 9.17) is 5.14 Å². The van der Waals surface area contributed by atoms with Gasteiger partial charge in [0.05, 0.1) is 18.5 Å². The molecule has 1 unspecified atom stereocenters. The number of aromatic nitrogens is 5. The molecule has 3 aliphatic rings. The van der Waals surface area contributed by atoms with Crippen molar-refractivity contribution in [3.8, 4) is 17.2 Å². The fourth-order valence-electron chi connectivity index (χ4n) is 5.40. The highest BCUT2D eigenvalue weighted by Crippen LogP contribution is 2.54. The van der Waals surface area contributed by atoms with Gasteiger partial charge in [-0.2, -0.15) is 0 Å². The second-order valence-electron chi connectivity index (χ2n) is 10.8. The Morgan fingerprint density at radius 3 is 2.41 bits per heavy atom. The molecule has 39 heavy (non-hydrogen) atoms.